The molecule has 2 heterocycles. The van der Waals surface area contributed by atoms with Gasteiger partial charge in [-0.15, -0.1) is 0 Å². The van der Waals surface area contributed by atoms with Crippen LogP contribution in [0.3, 0.4) is 0 Å². The first kappa shape index (κ1) is 19.6. The molecule has 4 heteroatoms. The SMILES string of the molecule is C(=C(CCCCOCC1CO1)CCCCOCC1CO1)c1ccccc1. The number of unbranched alkanes of at least 4 members (excludes halogenated alkanes) is 2. The molecule has 3 rings (SSSR count). The number of epoxide rings is 2. The van der Waals surface area contributed by atoms with Crippen LogP contribution in [0.25, 0.3) is 6.08 Å². The Bertz CT molecular complexity index is 494. The fraction of sp³-hybridized carbons (Fsp3) is 0.636. The minimum Gasteiger partial charge on any atom is -0.379 e. The first-order chi connectivity index (χ1) is 12.9. The largest absolute Gasteiger partial charge is 0.379 e. The Morgan fingerprint density at radius 3 is 1.88 bits per heavy atom. The predicted molar refractivity (Wildman–Crippen MR) is 103 cm³/mol. The van der Waals surface area contributed by atoms with E-state index in [1.54, 1.807) is 0 Å². The van der Waals surface area contributed by atoms with Gasteiger partial charge in [-0.2, -0.15) is 0 Å². The van der Waals surface area contributed by atoms with Crippen LogP contribution in [0.1, 0.15) is 44.1 Å². The molecule has 0 radical (unpaired) electrons. The van der Waals surface area contributed by atoms with Gasteiger partial charge in [0.1, 0.15) is 12.2 Å². The van der Waals surface area contributed by atoms with Crippen LogP contribution in [-0.2, 0) is 18.9 Å². The zero-order chi connectivity index (χ0) is 17.9. The molecule has 2 unspecified atom stereocenters. The summed E-state index contributed by atoms with van der Waals surface area (Å²) in [5.74, 6) is 0. The highest BCUT2D eigenvalue weighted by Gasteiger charge is 2.22. The van der Waals surface area contributed by atoms with Crippen LogP contribution >= 0.6 is 0 Å². The smallest absolute Gasteiger partial charge is 0.104 e. The van der Waals surface area contributed by atoms with E-state index >= 15 is 0 Å². The second kappa shape index (κ2) is 11.5. The van der Waals surface area contributed by atoms with Crippen molar-refractivity contribution in [3.63, 3.8) is 0 Å². The summed E-state index contributed by atoms with van der Waals surface area (Å²) in [6, 6.07) is 10.6. The summed E-state index contributed by atoms with van der Waals surface area (Å²) >= 11 is 0. The summed E-state index contributed by atoms with van der Waals surface area (Å²) in [5.41, 5.74) is 2.83. The number of benzene rings is 1. The van der Waals surface area contributed by atoms with Gasteiger partial charge in [0.05, 0.1) is 26.4 Å². The first-order valence-electron chi connectivity index (χ1n) is 10.0. The summed E-state index contributed by atoms with van der Waals surface area (Å²) in [4.78, 5) is 0. The van der Waals surface area contributed by atoms with Crippen LogP contribution in [0.4, 0.5) is 0 Å². The second-order valence-corrected chi connectivity index (χ2v) is 7.19. The van der Waals surface area contributed by atoms with Gasteiger partial charge in [-0.3, -0.25) is 0 Å². The topological polar surface area (TPSA) is 43.5 Å². The molecule has 0 aliphatic carbocycles. The molecular weight excluding hydrogens is 328 g/mol. The van der Waals surface area contributed by atoms with E-state index < -0.39 is 0 Å². The Balaban J connectivity index is 1.32. The van der Waals surface area contributed by atoms with E-state index in [4.69, 9.17) is 18.9 Å². The fourth-order valence-corrected chi connectivity index (χ4v) is 2.92. The molecule has 1 aromatic carbocycles. The minimum atomic E-state index is 0.372. The summed E-state index contributed by atoms with van der Waals surface area (Å²) in [6.07, 6.45) is 9.99. The van der Waals surface area contributed by atoms with E-state index in [1.807, 2.05) is 0 Å². The lowest BCUT2D eigenvalue weighted by Crippen LogP contribution is -2.03. The molecule has 4 nitrogen and oxygen atoms in total. The Kier molecular flexibility index (Phi) is 8.65. The molecule has 2 atom stereocenters. The van der Waals surface area contributed by atoms with Gasteiger partial charge in [0.15, 0.2) is 0 Å². The van der Waals surface area contributed by atoms with E-state index in [1.165, 1.54) is 24.0 Å². The second-order valence-electron chi connectivity index (χ2n) is 7.19. The maximum absolute atomic E-state index is 5.64. The Morgan fingerprint density at radius 2 is 1.38 bits per heavy atom. The molecule has 0 saturated carbocycles. The molecule has 0 aromatic heterocycles. The maximum atomic E-state index is 5.64. The summed E-state index contributed by atoms with van der Waals surface area (Å²) in [7, 11) is 0. The lowest BCUT2D eigenvalue weighted by atomic mass is 10.00. The average molecular weight is 360 g/mol. The van der Waals surface area contributed by atoms with Crippen LogP contribution in [-0.4, -0.2) is 51.8 Å². The van der Waals surface area contributed by atoms with Crippen LogP contribution < -0.4 is 0 Å². The fourth-order valence-electron chi connectivity index (χ4n) is 2.92. The highest BCUT2D eigenvalue weighted by molar-refractivity contribution is 5.52. The lowest BCUT2D eigenvalue weighted by molar-refractivity contribution is 0.112. The lowest BCUT2D eigenvalue weighted by Gasteiger charge is -2.09. The third-order valence-electron chi connectivity index (χ3n) is 4.66. The number of allylic oxidation sites excluding steroid dienone is 1. The van der Waals surface area contributed by atoms with Crippen molar-refractivity contribution in [3.8, 4) is 0 Å². The van der Waals surface area contributed by atoms with Crippen molar-refractivity contribution in [3.05, 3.63) is 41.5 Å². The monoisotopic (exact) mass is 360 g/mol. The molecular formula is C22H32O4. The van der Waals surface area contributed by atoms with E-state index in [9.17, 15) is 0 Å². The van der Waals surface area contributed by atoms with Crippen molar-refractivity contribution >= 4 is 6.08 Å². The molecule has 2 saturated heterocycles. The van der Waals surface area contributed by atoms with Gasteiger partial charge >= 0.3 is 0 Å². The molecule has 1 aromatic rings. The Hall–Kier alpha value is -1.20. The van der Waals surface area contributed by atoms with Crippen molar-refractivity contribution in [2.45, 2.75) is 50.7 Å². The molecule has 0 amide bonds. The third kappa shape index (κ3) is 8.95. The maximum Gasteiger partial charge on any atom is 0.104 e. The predicted octanol–water partition coefficient (Wildman–Crippen LogP) is 4.24. The third-order valence-corrected chi connectivity index (χ3v) is 4.66. The number of hydrogen-bond donors (Lipinski definition) is 0. The van der Waals surface area contributed by atoms with Crippen molar-refractivity contribution in [1.29, 1.82) is 0 Å². The van der Waals surface area contributed by atoms with Crippen molar-refractivity contribution < 1.29 is 18.9 Å². The molecule has 144 valence electrons. The van der Waals surface area contributed by atoms with Crippen molar-refractivity contribution in [2.24, 2.45) is 0 Å². The Morgan fingerprint density at radius 1 is 0.846 bits per heavy atom. The van der Waals surface area contributed by atoms with Gasteiger partial charge in [-0.1, -0.05) is 42.0 Å². The van der Waals surface area contributed by atoms with Crippen LogP contribution in [0, 0.1) is 0 Å². The summed E-state index contributed by atoms with van der Waals surface area (Å²) < 4.78 is 21.6. The summed E-state index contributed by atoms with van der Waals surface area (Å²) in [6.45, 7) is 4.96. The zero-order valence-corrected chi connectivity index (χ0v) is 15.7. The molecule has 0 bridgehead atoms. The molecule has 2 fully saturated rings. The van der Waals surface area contributed by atoms with Crippen LogP contribution in [0.5, 0.6) is 0 Å². The zero-order valence-electron chi connectivity index (χ0n) is 15.7. The highest BCUT2D eigenvalue weighted by atomic mass is 16.6. The van der Waals surface area contributed by atoms with Crippen molar-refractivity contribution in [1.82, 2.24) is 0 Å². The molecule has 0 spiro atoms. The standard InChI is InChI=1S/C22H32O4/c1-2-8-19(9-3-1)14-20(10-4-6-12-23-15-21-17-25-21)11-5-7-13-24-16-22-18-26-22/h1-3,8-9,14,21-22H,4-7,10-13,15-18H2. The normalized spacial score (nSPS) is 20.8. The average Bonchev–Trinajstić information content (AvgIpc) is 3.56. The van der Waals surface area contributed by atoms with E-state index in [-0.39, 0.29) is 0 Å². The van der Waals surface area contributed by atoms with Crippen molar-refractivity contribution in [2.75, 3.05) is 39.6 Å². The first-order valence-corrected chi connectivity index (χ1v) is 10.0. The Labute approximate surface area is 157 Å². The van der Waals surface area contributed by atoms with E-state index in [0.29, 0.717) is 12.2 Å². The molecule has 26 heavy (non-hydrogen) atoms. The van der Waals surface area contributed by atoms with Gasteiger partial charge in [0.25, 0.3) is 0 Å². The number of rotatable bonds is 15. The van der Waals surface area contributed by atoms with E-state index in [2.05, 4.69) is 36.4 Å². The van der Waals surface area contributed by atoms with Gasteiger partial charge in [-0.05, 0) is 44.1 Å². The van der Waals surface area contributed by atoms with Gasteiger partial charge < -0.3 is 18.9 Å². The molecule has 0 N–H and O–H groups in total. The summed E-state index contributed by atoms with van der Waals surface area (Å²) in [5, 5.41) is 0. The minimum absolute atomic E-state index is 0.372. The van der Waals surface area contributed by atoms with Gasteiger partial charge in [-0.25, -0.2) is 0 Å². The quantitative estimate of drug-likeness (QED) is 0.347. The van der Waals surface area contributed by atoms with E-state index in [0.717, 1.165) is 65.3 Å². The molecule has 2 aliphatic heterocycles. The van der Waals surface area contributed by atoms with Crippen LogP contribution in [0.15, 0.2) is 35.9 Å². The van der Waals surface area contributed by atoms with Gasteiger partial charge in [0.2, 0.25) is 0 Å². The number of hydrogen-bond acceptors (Lipinski definition) is 4. The number of ether oxygens (including phenoxy) is 4. The highest BCUT2D eigenvalue weighted by Crippen LogP contribution is 2.19. The molecule has 2 aliphatic rings. The van der Waals surface area contributed by atoms with Gasteiger partial charge in [0, 0.05) is 13.2 Å². The van der Waals surface area contributed by atoms with Crippen LogP contribution in [0.2, 0.25) is 0 Å².